The van der Waals surface area contributed by atoms with E-state index in [0.717, 1.165) is 60.1 Å². The minimum atomic E-state index is 0.125. The lowest BCUT2D eigenvalue weighted by atomic mass is 9.92. The highest BCUT2D eigenvalue weighted by molar-refractivity contribution is 7.24. The molecule has 2 unspecified atom stereocenters. The molecule has 3 aromatic heterocycles. The molecule has 2 aromatic carbocycles. The summed E-state index contributed by atoms with van der Waals surface area (Å²) in [4.78, 5) is 16.2. The predicted octanol–water partition coefficient (Wildman–Crippen LogP) is 14.1. The van der Waals surface area contributed by atoms with E-state index in [0.29, 0.717) is 0 Å². The molecule has 60 heavy (non-hydrogen) atoms. The first-order chi connectivity index (χ1) is 29.5. The maximum Gasteiger partial charge on any atom is 0.0730 e. The number of likely N-dealkylation sites (N-methyl/N-ethyl adjacent to an activating group) is 2. The van der Waals surface area contributed by atoms with Gasteiger partial charge in [0.25, 0.3) is 0 Å². The number of nitrogens with zero attached hydrogens (tertiary/aromatic N) is 4. The van der Waals surface area contributed by atoms with Gasteiger partial charge in [-0.3, -0.25) is 0 Å². The monoisotopic (exact) mass is 822 g/mol. The molecule has 2 aliphatic carbocycles. The molecule has 0 N–H and O–H groups in total. The number of benzene rings is 2. The first-order valence-corrected chi connectivity index (χ1v) is 23.3. The summed E-state index contributed by atoms with van der Waals surface area (Å²) >= 11 is 3.73. The average Bonchev–Trinajstić information content (AvgIpc) is 4.13. The summed E-state index contributed by atoms with van der Waals surface area (Å²) in [5.41, 5.74) is 14.1. The lowest BCUT2D eigenvalue weighted by Crippen LogP contribution is -2.23. The second-order valence-corrected chi connectivity index (χ2v) is 18.6. The smallest absolute Gasteiger partial charge is 0.0730 e. The van der Waals surface area contributed by atoms with E-state index >= 15 is 0 Å². The Kier molecular flexibility index (Phi) is 12.2. The zero-order valence-corrected chi connectivity index (χ0v) is 36.9. The van der Waals surface area contributed by atoms with E-state index in [1.165, 1.54) is 77.9 Å². The number of unbranched alkanes of at least 4 members (excludes halogenated alkanes) is 2. The van der Waals surface area contributed by atoms with Crippen LogP contribution in [0.4, 0.5) is 0 Å². The van der Waals surface area contributed by atoms with Gasteiger partial charge >= 0.3 is 0 Å². The summed E-state index contributed by atoms with van der Waals surface area (Å²) in [6.45, 7) is 8.58. The summed E-state index contributed by atoms with van der Waals surface area (Å²) < 4.78 is 4.90. The van der Waals surface area contributed by atoms with Crippen LogP contribution >= 0.6 is 22.7 Å². The van der Waals surface area contributed by atoms with Crippen LogP contribution in [0.2, 0.25) is 0 Å². The van der Waals surface area contributed by atoms with Crippen LogP contribution in [-0.2, 0) is 0 Å². The number of allylic oxidation sites excluding steroid dienone is 6. The maximum absolute atomic E-state index is 5.62. The molecule has 0 saturated carbocycles. The van der Waals surface area contributed by atoms with Gasteiger partial charge in [-0.2, -0.15) is 0 Å². The van der Waals surface area contributed by atoms with Crippen molar-refractivity contribution in [1.29, 1.82) is 0 Å². The van der Waals surface area contributed by atoms with E-state index in [1.807, 2.05) is 22.7 Å². The predicted molar refractivity (Wildman–Crippen MR) is 262 cm³/mol. The van der Waals surface area contributed by atoms with Gasteiger partial charge in [0, 0.05) is 66.0 Å². The molecular formula is C54H54N4S2. The van der Waals surface area contributed by atoms with Gasteiger partial charge in [0.05, 0.1) is 22.8 Å². The van der Waals surface area contributed by atoms with Crippen molar-refractivity contribution in [2.75, 3.05) is 40.3 Å². The molecular weight excluding hydrogens is 769 g/mol. The van der Waals surface area contributed by atoms with Gasteiger partial charge in [0.15, 0.2) is 0 Å². The molecule has 0 saturated heterocycles. The lowest BCUT2D eigenvalue weighted by molar-refractivity contribution is 0.351. The molecule has 0 spiro atoms. The molecule has 0 radical (unpaired) electrons. The van der Waals surface area contributed by atoms with Gasteiger partial charge in [0.1, 0.15) is 0 Å². The van der Waals surface area contributed by atoms with Crippen LogP contribution in [0.3, 0.4) is 0 Å². The second-order valence-electron chi connectivity index (χ2n) is 16.5. The van der Waals surface area contributed by atoms with Crippen molar-refractivity contribution in [3.05, 3.63) is 166 Å². The third kappa shape index (κ3) is 8.27. The Morgan fingerprint density at radius 2 is 0.900 bits per heavy atom. The first kappa shape index (κ1) is 40.2. The third-order valence-electron chi connectivity index (χ3n) is 12.0. The Balaban J connectivity index is 1.34. The Morgan fingerprint density at radius 1 is 0.500 bits per heavy atom. The second kappa shape index (κ2) is 18.2. The van der Waals surface area contributed by atoms with Crippen LogP contribution in [0.5, 0.6) is 0 Å². The average molecular weight is 823 g/mol. The summed E-state index contributed by atoms with van der Waals surface area (Å²) in [6.07, 6.45) is 27.8. The standard InChI is InChI=1S/C54H54N4S2/c1-5-7-33-57(3)35-39-21-15-23-41(39)53-45-27-25-43(55-45)51(37-17-11-9-12-18-37)47-29-30-48(59-47)52(38-19-13-10-14-20-38)44-26-28-46(56-44)54(50-32-31-49(53)60-50)42-24-16-22-40(42)36-58(4)34-8-6-2/h9-32,41-42H,5-8,33-36H2,1-4H3. The molecule has 9 rings (SSSR count). The number of thiophene rings is 2. The number of hydrogen-bond acceptors (Lipinski definition) is 6. The summed E-state index contributed by atoms with van der Waals surface area (Å²) in [7, 11) is 4.52. The van der Waals surface area contributed by atoms with Crippen LogP contribution in [0, 0.1) is 0 Å². The molecule has 0 fully saturated rings. The number of aromatic nitrogens is 2. The van der Waals surface area contributed by atoms with Crippen molar-refractivity contribution in [3.63, 3.8) is 0 Å². The van der Waals surface area contributed by atoms with E-state index in [9.17, 15) is 0 Å². The minimum absolute atomic E-state index is 0.125. The van der Waals surface area contributed by atoms with Crippen LogP contribution in [0.25, 0.3) is 65.4 Å². The summed E-state index contributed by atoms with van der Waals surface area (Å²) in [6, 6.07) is 30.9. The fourth-order valence-electron chi connectivity index (χ4n) is 8.99. The van der Waals surface area contributed by atoms with Crippen LogP contribution in [0.15, 0.2) is 133 Å². The Labute approximate surface area is 364 Å². The number of rotatable bonds is 14. The zero-order chi connectivity index (χ0) is 41.0. The topological polar surface area (TPSA) is 32.3 Å². The summed E-state index contributed by atoms with van der Waals surface area (Å²) in [5.74, 6) is 0.250. The molecule has 6 heteroatoms. The van der Waals surface area contributed by atoms with Gasteiger partial charge in [0.2, 0.25) is 0 Å². The van der Waals surface area contributed by atoms with E-state index in [1.54, 1.807) is 0 Å². The molecule has 302 valence electrons. The number of hydrogen-bond donors (Lipinski definition) is 0. The zero-order valence-electron chi connectivity index (χ0n) is 35.3. The third-order valence-corrected chi connectivity index (χ3v) is 14.3. The highest BCUT2D eigenvalue weighted by atomic mass is 32.1. The van der Waals surface area contributed by atoms with Crippen molar-refractivity contribution in [1.82, 2.24) is 19.8 Å². The fourth-order valence-corrected chi connectivity index (χ4v) is 11.3. The normalized spacial score (nSPS) is 16.8. The van der Waals surface area contributed by atoms with Gasteiger partial charge in [-0.25, -0.2) is 9.97 Å². The van der Waals surface area contributed by atoms with Crippen LogP contribution in [0.1, 0.15) is 85.3 Å². The summed E-state index contributed by atoms with van der Waals surface area (Å²) in [5, 5.41) is 0. The largest absolute Gasteiger partial charge is 0.302 e. The van der Waals surface area contributed by atoms with Gasteiger partial charge in [-0.1, -0.05) is 124 Å². The highest BCUT2D eigenvalue weighted by Gasteiger charge is 2.27. The van der Waals surface area contributed by atoms with E-state index in [-0.39, 0.29) is 11.8 Å². The molecule has 2 aliphatic heterocycles. The lowest BCUT2D eigenvalue weighted by Gasteiger charge is -2.22. The van der Waals surface area contributed by atoms with Crippen molar-refractivity contribution in [2.45, 2.75) is 51.4 Å². The Bertz CT molecular complexity index is 2540. The minimum Gasteiger partial charge on any atom is -0.302 e. The molecule has 5 aromatic rings. The molecule has 0 amide bonds. The van der Waals surface area contributed by atoms with E-state index < -0.39 is 0 Å². The van der Waals surface area contributed by atoms with Crippen molar-refractivity contribution < 1.29 is 0 Å². The van der Waals surface area contributed by atoms with E-state index in [2.05, 4.69) is 183 Å². The highest BCUT2D eigenvalue weighted by Crippen LogP contribution is 2.45. The molecule has 4 nitrogen and oxygen atoms in total. The molecule has 8 bridgehead atoms. The van der Waals surface area contributed by atoms with Crippen LogP contribution < -0.4 is 0 Å². The molecule has 5 heterocycles. The van der Waals surface area contributed by atoms with Crippen molar-refractivity contribution in [3.8, 4) is 22.3 Å². The van der Waals surface area contributed by atoms with Crippen LogP contribution in [-0.4, -0.2) is 60.0 Å². The van der Waals surface area contributed by atoms with Crippen molar-refractivity contribution >= 4 is 65.8 Å². The SMILES string of the molecule is CCCCN(C)CC1=CC=CC1c1c2nc(c(-c3ccccc3)c3ccc(s3)c(-c3ccccc3)c3nc(c(C4C=CC=C4CN(C)CCCC)c4ccc1s4)C=C3)C=C2. The van der Waals surface area contributed by atoms with Gasteiger partial charge in [-0.15, -0.1) is 22.7 Å². The van der Waals surface area contributed by atoms with Gasteiger partial charge < -0.3 is 9.80 Å². The number of fused-ring (bicyclic) bond motifs is 8. The van der Waals surface area contributed by atoms with E-state index in [4.69, 9.17) is 9.97 Å². The molecule has 2 atom stereocenters. The fraction of sp³-hybridized carbons (Fsp3) is 0.259. The quantitative estimate of drug-likeness (QED) is 0.109. The Morgan fingerprint density at radius 3 is 1.33 bits per heavy atom. The Hall–Kier alpha value is -5.24. The van der Waals surface area contributed by atoms with Crippen molar-refractivity contribution in [2.24, 2.45) is 0 Å². The van der Waals surface area contributed by atoms with Gasteiger partial charge in [-0.05, 0) is 111 Å². The maximum atomic E-state index is 5.62. The molecule has 4 aliphatic rings. The first-order valence-electron chi connectivity index (χ1n) is 21.7.